The molecular formula is C12H10FNOS. The fraction of sp³-hybridized carbons (Fsp3) is 0. The van der Waals surface area contributed by atoms with E-state index in [1.54, 1.807) is 24.3 Å². The van der Waals surface area contributed by atoms with Crippen LogP contribution < -0.4 is 5.48 Å². The predicted molar refractivity (Wildman–Crippen MR) is 62.4 cm³/mol. The van der Waals surface area contributed by atoms with Crippen molar-refractivity contribution in [1.82, 2.24) is 0 Å². The molecule has 4 heteroatoms. The zero-order valence-corrected chi connectivity index (χ0v) is 9.17. The zero-order valence-electron chi connectivity index (χ0n) is 8.35. The first-order valence-corrected chi connectivity index (χ1v) is 5.53. The Bertz CT molecular complexity index is 455. The molecule has 0 saturated heterocycles. The molecule has 0 saturated carbocycles. The van der Waals surface area contributed by atoms with Crippen LogP contribution in [0, 0.1) is 5.82 Å². The highest BCUT2D eigenvalue weighted by atomic mass is 32.2. The zero-order chi connectivity index (χ0) is 11.4. The van der Waals surface area contributed by atoms with Crippen LogP contribution in [-0.2, 0) is 0 Å². The van der Waals surface area contributed by atoms with Gasteiger partial charge in [0.2, 0.25) is 0 Å². The van der Waals surface area contributed by atoms with E-state index < -0.39 is 0 Å². The van der Waals surface area contributed by atoms with Crippen LogP contribution in [0.1, 0.15) is 0 Å². The van der Waals surface area contributed by atoms with Crippen LogP contribution in [0.2, 0.25) is 0 Å². The molecule has 0 aliphatic heterocycles. The van der Waals surface area contributed by atoms with Crippen LogP contribution in [0.3, 0.4) is 0 Å². The molecule has 0 radical (unpaired) electrons. The molecule has 2 nitrogen and oxygen atoms in total. The second-order valence-electron chi connectivity index (χ2n) is 3.19. The van der Waals surface area contributed by atoms with Gasteiger partial charge in [-0.2, -0.15) is 0 Å². The van der Waals surface area contributed by atoms with Gasteiger partial charge in [0.25, 0.3) is 0 Å². The van der Waals surface area contributed by atoms with Crippen LogP contribution in [0.5, 0.6) is 0 Å². The van der Waals surface area contributed by atoms with E-state index >= 15 is 0 Å². The number of anilines is 1. The van der Waals surface area contributed by atoms with Crippen molar-refractivity contribution < 1.29 is 9.60 Å². The Balaban J connectivity index is 2.11. The minimum atomic E-state index is -0.232. The SMILES string of the molecule is ONc1ccc(Sc2ccc(F)cc2)cc1. The van der Waals surface area contributed by atoms with Crippen LogP contribution in [0.15, 0.2) is 58.3 Å². The molecule has 2 aromatic carbocycles. The molecule has 2 rings (SSSR count). The van der Waals surface area contributed by atoms with Crippen molar-refractivity contribution in [3.05, 3.63) is 54.3 Å². The van der Waals surface area contributed by atoms with Gasteiger partial charge in [0, 0.05) is 9.79 Å². The molecule has 2 N–H and O–H groups in total. The first-order chi connectivity index (χ1) is 7.78. The summed E-state index contributed by atoms with van der Waals surface area (Å²) in [4.78, 5) is 2.01. The van der Waals surface area contributed by atoms with Gasteiger partial charge in [-0.25, -0.2) is 4.39 Å². The molecule has 0 aromatic heterocycles. The van der Waals surface area contributed by atoms with E-state index in [9.17, 15) is 4.39 Å². The molecule has 0 bridgehead atoms. The molecule has 2 aromatic rings. The van der Waals surface area contributed by atoms with Gasteiger partial charge >= 0.3 is 0 Å². The maximum absolute atomic E-state index is 12.7. The molecule has 0 heterocycles. The average molecular weight is 235 g/mol. The van der Waals surface area contributed by atoms with Crippen LogP contribution >= 0.6 is 11.8 Å². The molecule has 0 amide bonds. The van der Waals surface area contributed by atoms with Gasteiger partial charge in [0.05, 0.1) is 5.69 Å². The normalized spacial score (nSPS) is 10.1. The lowest BCUT2D eigenvalue weighted by Crippen LogP contribution is -1.87. The maximum Gasteiger partial charge on any atom is 0.123 e. The van der Waals surface area contributed by atoms with E-state index in [2.05, 4.69) is 5.48 Å². The topological polar surface area (TPSA) is 32.3 Å². The summed E-state index contributed by atoms with van der Waals surface area (Å²) in [6.45, 7) is 0. The van der Waals surface area contributed by atoms with E-state index in [1.807, 2.05) is 12.1 Å². The first kappa shape index (κ1) is 11.0. The van der Waals surface area contributed by atoms with Gasteiger partial charge in [-0.3, -0.25) is 10.7 Å². The third-order valence-electron chi connectivity index (χ3n) is 2.03. The average Bonchev–Trinajstić information content (AvgIpc) is 2.33. The lowest BCUT2D eigenvalue weighted by atomic mass is 10.3. The third-order valence-corrected chi connectivity index (χ3v) is 3.05. The molecule has 0 spiro atoms. The number of nitrogens with one attached hydrogen (secondary N) is 1. The molecular weight excluding hydrogens is 225 g/mol. The first-order valence-electron chi connectivity index (χ1n) is 4.71. The van der Waals surface area contributed by atoms with E-state index in [0.717, 1.165) is 9.79 Å². The second-order valence-corrected chi connectivity index (χ2v) is 4.34. The summed E-state index contributed by atoms with van der Waals surface area (Å²) < 4.78 is 12.7. The third kappa shape index (κ3) is 2.74. The van der Waals surface area contributed by atoms with Crippen molar-refractivity contribution in [2.24, 2.45) is 0 Å². The number of hydrogen-bond donors (Lipinski definition) is 2. The standard InChI is InChI=1S/C12H10FNOS/c13-9-1-5-11(6-2-9)16-12-7-3-10(14-15)4-8-12/h1-8,14-15H. The monoisotopic (exact) mass is 235 g/mol. The lowest BCUT2D eigenvalue weighted by Gasteiger charge is -2.03. The molecule has 0 aliphatic rings. The second kappa shape index (κ2) is 5.01. The number of rotatable bonds is 3. The quantitative estimate of drug-likeness (QED) is 0.794. The van der Waals surface area contributed by atoms with Crippen molar-refractivity contribution in [3.63, 3.8) is 0 Å². The Hall–Kier alpha value is -1.52. The summed E-state index contributed by atoms with van der Waals surface area (Å²) in [5.74, 6) is -0.232. The molecule has 0 unspecified atom stereocenters. The van der Waals surface area contributed by atoms with Crippen molar-refractivity contribution in [2.45, 2.75) is 9.79 Å². The minimum absolute atomic E-state index is 0.232. The number of hydrogen-bond acceptors (Lipinski definition) is 3. The van der Waals surface area contributed by atoms with Crippen molar-refractivity contribution in [1.29, 1.82) is 0 Å². The highest BCUT2D eigenvalue weighted by Crippen LogP contribution is 2.28. The van der Waals surface area contributed by atoms with Gasteiger partial charge in [0.15, 0.2) is 0 Å². The summed E-state index contributed by atoms with van der Waals surface area (Å²) in [6.07, 6.45) is 0. The summed E-state index contributed by atoms with van der Waals surface area (Å²) >= 11 is 1.54. The summed E-state index contributed by atoms with van der Waals surface area (Å²) in [7, 11) is 0. The number of halogens is 1. The summed E-state index contributed by atoms with van der Waals surface area (Å²) in [6, 6.07) is 13.6. The van der Waals surface area contributed by atoms with Gasteiger partial charge < -0.3 is 0 Å². The predicted octanol–water partition coefficient (Wildman–Crippen LogP) is 3.78. The van der Waals surface area contributed by atoms with Gasteiger partial charge in [0.1, 0.15) is 5.82 Å². The largest absolute Gasteiger partial charge is 0.291 e. The summed E-state index contributed by atoms with van der Waals surface area (Å²) in [5.41, 5.74) is 2.71. The van der Waals surface area contributed by atoms with E-state index in [-0.39, 0.29) is 5.82 Å². The Kier molecular flexibility index (Phi) is 3.44. The van der Waals surface area contributed by atoms with Crippen molar-refractivity contribution in [2.75, 3.05) is 5.48 Å². The van der Waals surface area contributed by atoms with Crippen molar-refractivity contribution >= 4 is 17.4 Å². The molecule has 0 aliphatic carbocycles. The lowest BCUT2D eigenvalue weighted by molar-refractivity contribution is 0.389. The van der Waals surface area contributed by atoms with Gasteiger partial charge in [-0.15, -0.1) is 0 Å². The summed E-state index contributed by atoms with van der Waals surface area (Å²) in [5, 5.41) is 8.65. The molecule has 0 atom stereocenters. The minimum Gasteiger partial charge on any atom is -0.291 e. The van der Waals surface area contributed by atoms with Gasteiger partial charge in [-0.05, 0) is 48.5 Å². The van der Waals surface area contributed by atoms with Gasteiger partial charge in [-0.1, -0.05) is 11.8 Å². The van der Waals surface area contributed by atoms with Crippen LogP contribution in [0.4, 0.5) is 10.1 Å². The van der Waals surface area contributed by atoms with Crippen LogP contribution in [0.25, 0.3) is 0 Å². The highest BCUT2D eigenvalue weighted by molar-refractivity contribution is 7.99. The highest BCUT2D eigenvalue weighted by Gasteiger charge is 1.98. The van der Waals surface area contributed by atoms with E-state index in [1.165, 1.54) is 23.9 Å². The fourth-order valence-electron chi connectivity index (χ4n) is 1.24. The molecule has 0 fully saturated rings. The Morgan fingerprint density at radius 1 is 0.875 bits per heavy atom. The van der Waals surface area contributed by atoms with Crippen LogP contribution in [-0.4, -0.2) is 5.21 Å². The Morgan fingerprint density at radius 3 is 1.88 bits per heavy atom. The van der Waals surface area contributed by atoms with E-state index in [4.69, 9.17) is 5.21 Å². The molecule has 16 heavy (non-hydrogen) atoms. The number of benzene rings is 2. The Labute approximate surface area is 97.1 Å². The fourth-order valence-corrected chi connectivity index (χ4v) is 2.05. The van der Waals surface area contributed by atoms with Crippen molar-refractivity contribution in [3.8, 4) is 0 Å². The maximum atomic E-state index is 12.7. The Morgan fingerprint density at radius 2 is 1.38 bits per heavy atom. The van der Waals surface area contributed by atoms with E-state index in [0.29, 0.717) is 5.69 Å². The molecule has 82 valence electrons. The smallest absolute Gasteiger partial charge is 0.123 e.